The Morgan fingerprint density at radius 1 is 1.02 bits per heavy atom. The quantitative estimate of drug-likeness (QED) is 0.241. The number of nitriles is 1. The molecule has 1 fully saturated rings. The molecule has 15 heteroatoms. The van der Waals surface area contributed by atoms with Crippen LogP contribution in [0, 0.1) is 28.8 Å². The molecule has 1 atom stereocenters. The Labute approximate surface area is 277 Å². The first kappa shape index (κ1) is 33.1. The monoisotopic (exact) mass is 682 g/mol. The van der Waals surface area contributed by atoms with Gasteiger partial charge < -0.3 is 19.3 Å². The van der Waals surface area contributed by atoms with Crippen molar-refractivity contribution in [1.29, 1.82) is 5.26 Å². The number of carbonyl (C=O) groups is 3. The Morgan fingerprint density at radius 2 is 1.71 bits per heavy atom. The Bertz CT molecular complexity index is 2060. The molecule has 2 aromatic carbocycles. The largest absolute Gasteiger partial charge is 0.444 e. The molecule has 1 unspecified atom stereocenters. The van der Waals surface area contributed by atoms with Crippen molar-refractivity contribution in [2.45, 2.75) is 71.8 Å². The number of hydrogen-bond acceptors (Lipinski definition) is 8. The molecule has 6 rings (SSSR count). The summed E-state index contributed by atoms with van der Waals surface area (Å²) in [5.74, 6) is -4.28. The van der Waals surface area contributed by atoms with Crippen molar-refractivity contribution in [2.75, 3.05) is 25.0 Å². The number of thiophene rings is 1. The van der Waals surface area contributed by atoms with E-state index < -0.39 is 58.4 Å². The smallest absolute Gasteiger partial charge is 0.412 e. The lowest BCUT2D eigenvalue weighted by molar-refractivity contribution is 0.00262. The van der Waals surface area contributed by atoms with E-state index in [1.165, 1.54) is 26.7 Å². The molecule has 3 amide bonds. The number of halogens is 3. The molecule has 0 radical (unpaired) electrons. The number of nitrogens with one attached hydrogen (secondary N) is 1. The van der Waals surface area contributed by atoms with E-state index in [1.807, 2.05) is 6.07 Å². The van der Waals surface area contributed by atoms with E-state index >= 15 is 13.2 Å². The first-order valence-corrected chi connectivity index (χ1v) is 16.1. The zero-order valence-corrected chi connectivity index (χ0v) is 28.0. The fraction of sp³-hybridized carbons (Fsp3) is 0.424. The lowest BCUT2D eigenvalue weighted by Crippen LogP contribution is -2.58. The Morgan fingerprint density at radius 3 is 2.38 bits per heavy atom. The number of piperazine rings is 1. The van der Waals surface area contributed by atoms with Crippen molar-refractivity contribution < 1.29 is 37.0 Å². The average Bonchev–Trinajstić information content (AvgIpc) is 3.56. The number of aromatic nitrogens is 2. The molecule has 1 saturated heterocycles. The summed E-state index contributed by atoms with van der Waals surface area (Å²) in [5, 5.41) is 17.0. The lowest BCUT2D eigenvalue weighted by Gasteiger charge is -2.42. The molecule has 4 aromatic rings. The zero-order valence-electron chi connectivity index (χ0n) is 27.2. The highest BCUT2D eigenvalue weighted by molar-refractivity contribution is 7.23. The van der Waals surface area contributed by atoms with Crippen molar-refractivity contribution in [1.82, 2.24) is 19.6 Å². The van der Waals surface area contributed by atoms with Gasteiger partial charge in [0, 0.05) is 42.5 Å². The number of benzene rings is 2. The standard InChI is InChI=1S/C33H33F3N6O5S/c1-32(2,3)46-30(44)39-28-18(13-37)22-17(7-8-20(34)27(22)48-28)21-19-14-38-42-10-9-16-15-40(31(45)47-33(4,5)6)11-12-41(16)29(43)23(26(19)42)25(36)24(21)35/h7-8,14,16H,9-12,15H2,1-6H3,(H,39,44). The van der Waals surface area contributed by atoms with Crippen LogP contribution < -0.4 is 5.32 Å². The zero-order chi connectivity index (χ0) is 34.9. The van der Waals surface area contributed by atoms with Crippen molar-refractivity contribution in [2.24, 2.45) is 0 Å². The second-order valence-corrected chi connectivity index (χ2v) is 14.7. The molecule has 4 heterocycles. The van der Waals surface area contributed by atoms with Gasteiger partial charge in [0.25, 0.3) is 5.91 Å². The van der Waals surface area contributed by atoms with Gasteiger partial charge in [-0.3, -0.25) is 14.8 Å². The van der Waals surface area contributed by atoms with E-state index in [0.29, 0.717) is 6.42 Å². The number of aryl methyl sites for hydroxylation is 1. The molecular weight excluding hydrogens is 649 g/mol. The fourth-order valence-electron chi connectivity index (χ4n) is 6.15. The molecule has 2 aliphatic heterocycles. The first-order chi connectivity index (χ1) is 22.5. The second kappa shape index (κ2) is 11.7. The predicted octanol–water partition coefficient (Wildman–Crippen LogP) is 7.02. The maximum Gasteiger partial charge on any atom is 0.412 e. The number of fused-ring (bicyclic) bond motifs is 2. The maximum atomic E-state index is 16.4. The van der Waals surface area contributed by atoms with Gasteiger partial charge in [0.2, 0.25) is 0 Å². The SMILES string of the molecule is CC(C)(C)OC(=O)Nc1sc2c(F)ccc(-c3c(F)c(F)c4c5c3cnn5CCC3CN(C(=O)OC(C)(C)C)CCN3C4=O)c2c1C#N. The summed E-state index contributed by atoms with van der Waals surface area (Å²) in [6.07, 6.45) is 0.269. The third kappa shape index (κ3) is 5.78. The summed E-state index contributed by atoms with van der Waals surface area (Å²) in [6.45, 7) is 10.8. The van der Waals surface area contributed by atoms with Gasteiger partial charge in [-0.2, -0.15) is 10.4 Å². The van der Waals surface area contributed by atoms with Gasteiger partial charge in [-0.25, -0.2) is 22.8 Å². The van der Waals surface area contributed by atoms with E-state index in [4.69, 9.17) is 9.47 Å². The van der Waals surface area contributed by atoms with Crippen LogP contribution in [0.15, 0.2) is 18.3 Å². The van der Waals surface area contributed by atoms with Crippen molar-refractivity contribution >= 4 is 55.4 Å². The van der Waals surface area contributed by atoms with Crippen LogP contribution in [0.25, 0.3) is 32.1 Å². The Hall–Kier alpha value is -4.84. The number of nitrogens with zero attached hydrogens (tertiary/aromatic N) is 5. The Kier molecular flexibility index (Phi) is 8.06. The second-order valence-electron chi connectivity index (χ2n) is 13.7. The predicted molar refractivity (Wildman–Crippen MR) is 172 cm³/mol. The van der Waals surface area contributed by atoms with Crippen LogP contribution in [0.1, 0.15) is 63.9 Å². The van der Waals surface area contributed by atoms with Crippen molar-refractivity contribution in [3.63, 3.8) is 0 Å². The minimum Gasteiger partial charge on any atom is -0.444 e. The molecular formula is C33H33F3N6O5S. The van der Waals surface area contributed by atoms with Gasteiger partial charge in [-0.15, -0.1) is 11.3 Å². The summed E-state index contributed by atoms with van der Waals surface area (Å²) in [4.78, 5) is 42.3. The number of hydrogen-bond donors (Lipinski definition) is 1. The maximum absolute atomic E-state index is 16.4. The van der Waals surface area contributed by atoms with E-state index in [-0.39, 0.29) is 68.9 Å². The first-order valence-electron chi connectivity index (χ1n) is 15.3. The number of anilines is 1. The molecule has 0 aliphatic carbocycles. The van der Waals surface area contributed by atoms with E-state index in [2.05, 4.69) is 10.4 Å². The topological polar surface area (TPSA) is 130 Å². The fourth-order valence-corrected chi connectivity index (χ4v) is 7.22. The lowest BCUT2D eigenvalue weighted by atomic mass is 9.93. The van der Waals surface area contributed by atoms with Crippen LogP contribution in [0.4, 0.5) is 27.8 Å². The number of rotatable bonds is 2. The van der Waals surface area contributed by atoms with Crippen LogP contribution >= 0.6 is 11.3 Å². The minimum absolute atomic E-state index is 0.0164. The molecule has 0 spiro atoms. The summed E-state index contributed by atoms with van der Waals surface area (Å²) in [7, 11) is 0. The van der Waals surface area contributed by atoms with Crippen LogP contribution in [0.5, 0.6) is 0 Å². The Balaban J connectivity index is 1.45. The van der Waals surface area contributed by atoms with E-state index in [9.17, 15) is 19.6 Å². The van der Waals surface area contributed by atoms with Gasteiger partial charge in [0.1, 0.15) is 33.7 Å². The van der Waals surface area contributed by atoms with Gasteiger partial charge in [-0.05, 0) is 59.6 Å². The molecule has 11 nitrogen and oxygen atoms in total. The van der Waals surface area contributed by atoms with Gasteiger partial charge in [-0.1, -0.05) is 6.07 Å². The average molecular weight is 683 g/mol. The molecule has 252 valence electrons. The third-order valence-electron chi connectivity index (χ3n) is 8.05. The summed E-state index contributed by atoms with van der Waals surface area (Å²) in [6, 6.07) is 3.75. The highest BCUT2D eigenvalue weighted by Crippen LogP contribution is 2.46. The van der Waals surface area contributed by atoms with E-state index in [1.54, 1.807) is 41.5 Å². The van der Waals surface area contributed by atoms with Crippen LogP contribution in [0.2, 0.25) is 0 Å². The molecule has 48 heavy (non-hydrogen) atoms. The third-order valence-corrected chi connectivity index (χ3v) is 9.16. The molecule has 2 aromatic heterocycles. The summed E-state index contributed by atoms with van der Waals surface area (Å²) < 4.78 is 60.1. The van der Waals surface area contributed by atoms with Gasteiger partial charge >= 0.3 is 12.2 Å². The highest BCUT2D eigenvalue weighted by atomic mass is 32.1. The number of ether oxygens (including phenoxy) is 2. The summed E-state index contributed by atoms with van der Waals surface area (Å²) >= 11 is 0.757. The molecule has 0 bridgehead atoms. The minimum atomic E-state index is -1.42. The molecule has 2 aliphatic rings. The summed E-state index contributed by atoms with van der Waals surface area (Å²) in [5.41, 5.74) is -2.51. The van der Waals surface area contributed by atoms with Gasteiger partial charge in [0.05, 0.1) is 28.0 Å². The molecule has 1 N–H and O–H groups in total. The van der Waals surface area contributed by atoms with Crippen LogP contribution in [0.3, 0.4) is 0 Å². The van der Waals surface area contributed by atoms with Crippen molar-refractivity contribution in [3.05, 3.63) is 46.9 Å². The highest BCUT2D eigenvalue weighted by Gasteiger charge is 2.40. The van der Waals surface area contributed by atoms with E-state index in [0.717, 1.165) is 17.4 Å². The number of amides is 3. The van der Waals surface area contributed by atoms with Crippen LogP contribution in [-0.4, -0.2) is 74.6 Å². The number of carbonyl (C=O) groups excluding carboxylic acids is 3. The van der Waals surface area contributed by atoms with Crippen LogP contribution in [-0.2, 0) is 16.0 Å². The normalized spacial score (nSPS) is 16.8. The van der Waals surface area contributed by atoms with Gasteiger partial charge in [0.15, 0.2) is 11.6 Å². The molecule has 0 saturated carbocycles. The van der Waals surface area contributed by atoms with Crippen molar-refractivity contribution in [3.8, 4) is 17.2 Å².